The monoisotopic (exact) mass is 259 g/mol. The van der Waals surface area contributed by atoms with Crippen molar-refractivity contribution in [3.8, 4) is 11.5 Å². The molecule has 2 heterocycles. The Kier molecular flexibility index (Phi) is 3.04. The normalized spacial score (nSPS) is 10.4. The smallest absolute Gasteiger partial charge is 0.345 e. The first-order valence-electron chi connectivity index (χ1n) is 5.50. The van der Waals surface area contributed by atoms with Crippen molar-refractivity contribution >= 4 is 18.0 Å². The van der Waals surface area contributed by atoms with E-state index < -0.39 is 4.92 Å². The number of aromatic nitrogens is 4. The maximum absolute atomic E-state index is 10.8. The second kappa shape index (κ2) is 4.52. The van der Waals surface area contributed by atoms with E-state index in [2.05, 4.69) is 23.2 Å². The summed E-state index contributed by atoms with van der Waals surface area (Å²) in [5.41, 5.74) is 1.90. The molecule has 0 saturated heterocycles. The Bertz CT molecular complexity index is 681. The van der Waals surface area contributed by atoms with Gasteiger partial charge in [-0.2, -0.15) is 0 Å². The number of imidazole rings is 1. The van der Waals surface area contributed by atoms with Gasteiger partial charge in [0.2, 0.25) is 0 Å². The zero-order chi connectivity index (χ0) is 14.2. The zero-order valence-electron chi connectivity index (χ0n) is 10.7. The van der Waals surface area contributed by atoms with Crippen molar-refractivity contribution in [1.29, 1.82) is 0 Å². The molecule has 0 aliphatic heterocycles. The lowest BCUT2D eigenvalue weighted by Crippen LogP contribution is -1.98. The first kappa shape index (κ1) is 12.7. The number of aryl methyl sites for hydroxylation is 1. The van der Waals surface area contributed by atoms with Gasteiger partial charge in [0, 0.05) is 7.05 Å². The van der Waals surface area contributed by atoms with E-state index in [9.17, 15) is 10.1 Å². The van der Waals surface area contributed by atoms with E-state index in [-0.39, 0.29) is 5.82 Å². The number of hydrogen-bond donors (Lipinski definition) is 0. The first-order valence-corrected chi connectivity index (χ1v) is 5.50. The van der Waals surface area contributed by atoms with Gasteiger partial charge in [-0.25, -0.2) is 4.98 Å². The largest absolute Gasteiger partial charge is 0.358 e. The van der Waals surface area contributed by atoms with E-state index in [1.165, 1.54) is 17.8 Å². The van der Waals surface area contributed by atoms with Gasteiger partial charge in [-0.05, 0) is 17.1 Å². The third-order valence-electron chi connectivity index (χ3n) is 2.83. The average molecular weight is 259 g/mol. The molecule has 19 heavy (non-hydrogen) atoms. The molecular weight excluding hydrogens is 246 g/mol. The molecule has 0 atom stereocenters. The number of rotatable bonds is 4. The molecule has 0 unspecified atom stereocenters. The molecule has 7 nitrogen and oxygen atoms in total. The van der Waals surface area contributed by atoms with E-state index in [0.29, 0.717) is 17.2 Å². The minimum atomic E-state index is -0.484. The molecule has 0 saturated carbocycles. The molecule has 0 aromatic carbocycles. The summed E-state index contributed by atoms with van der Waals surface area (Å²) in [5.74, 6) is 0.451. The Balaban J connectivity index is 2.62. The van der Waals surface area contributed by atoms with Gasteiger partial charge in [-0.3, -0.25) is 0 Å². The van der Waals surface area contributed by atoms with Gasteiger partial charge in [0.05, 0.1) is 17.5 Å². The second-order valence-electron chi connectivity index (χ2n) is 3.94. The fourth-order valence-electron chi connectivity index (χ4n) is 1.89. The van der Waals surface area contributed by atoms with Gasteiger partial charge in [0.1, 0.15) is 7.05 Å². The SMILES string of the molecule is C=Cc1nc(-c2cc([N+](=O)[O-])n(C)n2)n(C)c1C=C. The van der Waals surface area contributed by atoms with E-state index in [4.69, 9.17) is 0 Å². The lowest BCUT2D eigenvalue weighted by molar-refractivity contribution is -0.392. The zero-order valence-corrected chi connectivity index (χ0v) is 10.7. The van der Waals surface area contributed by atoms with E-state index in [0.717, 1.165) is 5.69 Å². The molecule has 0 aliphatic rings. The van der Waals surface area contributed by atoms with Crippen LogP contribution < -0.4 is 0 Å². The van der Waals surface area contributed by atoms with E-state index >= 15 is 0 Å². The van der Waals surface area contributed by atoms with Gasteiger partial charge in [0.15, 0.2) is 11.5 Å². The summed E-state index contributed by atoms with van der Waals surface area (Å²) in [6.07, 6.45) is 3.27. The lowest BCUT2D eigenvalue weighted by atomic mass is 10.3. The third kappa shape index (κ3) is 1.95. The minimum absolute atomic E-state index is 0.0849. The highest BCUT2D eigenvalue weighted by Gasteiger charge is 2.20. The molecule has 0 spiro atoms. The fourth-order valence-corrected chi connectivity index (χ4v) is 1.89. The summed E-state index contributed by atoms with van der Waals surface area (Å²) >= 11 is 0. The lowest BCUT2D eigenvalue weighted by Gasteiger charge is -1.98. The third-order valence-corrected chi connectivity index (χ3v) is 2.83. The molecule has 0 bridgehead atoms. The van der Waals surface area contributed by atoms with Gasteiger partial charge in [-0.1, -0.05) is 18.3 Å². The van der Waals surface area contributed by atoms with Gasteiger partial charge in [0.25, 0.3) is 0 Å². The fraction of sp³-hybridized carbons (Fsp3) is 0.167. The van der Waals surface area contributed by atoms with Crippen molar-refractivity contribution in [1.82, 2.24) is 19.3 Å². The molecule has 2 rings (SSSR count). The summed E-state index contributed by atoms with van der Waals surface area (Å²) in [5, 5.41) is 14.9. The van der Waals surface area contributed by atoms with Crippen LogP contribution in [0.4, 0.5) is 5.82 Å². The van der Waals surface area contributed by atoms with Crippen LogP contribution in [-0.4, -0.2) is 24.3 Å². The van der Waals surface area contributed by atoms with Gasteiger partial charge in [-0.15, -0.1) is 4.68 Å². The number of hydrogen-bond acceptors (Lipinski definition) is 4. The van der Waals surface area contributed by atoms with Crippen LogP contribution in [0.25, 0.3) is 23.7 Å². The summed E-state index contributed by atoms with van der Waals surface area (Å²) in [6.45, 7) is 7.40. The maximum atomic E-state index is 10.8. The van der Waals surface area contributed by atoms with Crippen LogP contribution in [0, 0.1) is 10.1 Å². The Hall–Kier alpha value is -2.70. The number of nitro groups is 1. The molecular formula is C12H13N5O2. The summed E-state index contributed by atoms with van der Waals surface area (Å²) in [6, 6.07) is 1.39. The average Bonchev–Trinajstić information content (AvgIpc) is 2.89. The molecule has 0 amide bonds. The highest BCUT2D eigenvalue weighted by atomic mass is 16.6. The van der Waals surface area contributed by atoms with Crippen LogP contribution in [0.15, 0.2) is 19.2 Å². The Morgan fingerprint density at radius 2 is 2.05 bits per heavy atom. The van der Waals surface area contributed by atoms with Crippen LogP contribution in [-0.2, 0) is 14.1 Å². The summed E-state index contributed by atoms with van der Waals surface area (Å²) in [4.78, 5) is 14.7. The predicted molar refractivity (Wildman–Crippen MR) is 72.2 cm³/mol. The molecule has 2 aromatic heterocycles. The molecule has 0 N–H and O–H groups in total. The van der Waals surface area contributed by atoms with E-state index in [1.807, 2.05) is 0 Å². The van der Waals surface area contributed by atoms with Crippen LogP contribution in [0.2, 0.25) is 0 Å². The maximum Gasteiger partial charge on any atom is 0.345 e. The Labute approximate surface area is 109 Å². The van der Waals surface area contributed by atoms with E-state index in [1.54, 1.807) is 23.8 Å². The quantitative estimate of drug-likeness (QED) is 0.621. The van der Waals surface area contributed by atoms with Gasteiger partial charge >= 0.3 is 5.82 Å². The van der Waals surface area contributed by atoms with Crippen molar-refractivity contribution in [3.05, 3.63) is 40.7 Å². The Morgan fingerprint density at radius 1 is 1.37 bits per heavy atom. The van der Waals surface area contributed by atoms with Crippen LogP contribution in [0.1, 0.15) is 11.4 Å². The second-order valence-corrected chi connectivity index (χ2v) is 3.94. The van der Waals surface area contributed by atoms with Crippen LogP contribution in [0.3, 0.4) is 0 Å². The molecule has 7 heteroatoms. The van der Waals surface area contributed by atoms with Crippen molar-refractivity contribution in [2.45, 2.75) is 0 Å². The van der Waals surface area contributed by atoms with Crippen LogP contribution >= 0.6 is 0 Å². The summed E-state index contributed by atoms with van der Waals surface area (Å²) < 4.78 is 2.99. The van der Waals surface area contributed by atoms with Crippen LogP contribution in [0.5, 0.6) is 0 Å². The molecule has 2 aromatic rings. The first-order chi connectivity index (χ1) is 8.99. The molecule has 0 aliphatic carbocycles. The van der Waals surface area contributed by atoms with Gasteiger partial charge < -0.3 is 14.7 Å². The van der Waals surface area contributed by atoms with Crippen molar-refractivity contribution in [3.63, 3.8) is 0 Å². The van der Waals surface area contributed by atoms with Crippen molar-refractivity contribution < 1.29 is 4.92 Å². The minimum Gasteiger partial charge on any atom is -0.358 e. The van der Waals surface area contributed by atoms with Crippen molar-refractivity contribution in [2.75, 3.05) is 0 Å². The number of nitrogens with zero attached hydrogens (tertiary/aromatic N) is 5. The summed E-state index contributed by atoms with van der Waals surface area (Å²) in [7, 11) is 3.32. The highest BCUT2D eigenvalue weighted by molar-refractivity contribution is 5.65. The molecule has 98 valence electrons. The van der Waals surface area contributed by atoms with Crippen molar-refractivity contribution in [2.24, 2.45) is 14.1 Å². The highest BCUT2D eigenvalue weighted by Crippen LogP contribution is 2.24. The molecule has 0 radical (unpaired) electrons. The predicted octanol–water partition coefficient (Wildman–Crippen LogP) is 2.01. The topological polar surface area (TPSA) is 78.8 Å². The standard InChI is InChI=1S/C12H13N5O2/c1-5-8-10(6-2)15(3)12(13-8)9-7-11(17(18)19)16(4)14-9/h5-7H,1-2H2,3-4H3. The Morgan fingerprint density at radius 3 is 2.47 bits per heavy atom. The molecule has 0 fully saturated rings.